The van der Waals surface area contributed by atoms with Crippen LogP contribution in [-0.2, 0) is 14.3 Å². The fraction of sp³-hybridized carbons (Fsp3) is 0.943. The fourth-order valence-electron chi connectivity index (χ4n) is 4.99. The Morgan fingerprint density at radius 2 is 0.854 bits per heavy atom. The van der Waals surface area contributed by atoms with Crippen LogP contribution in [0.5, 0.6) is 0 Å². The van der Waals surface area contributed by atoms with Crippen molar-refractivity contribution in [3.05, 3.63) is 0 Å². The molecule has 0 saturated heterocycles. The van der Waals surface area contributed by atoms with E-state index in [1.54, 1.807) is 23.5 Å². The molecule has 0 aromatic rings. The Bertz CT molecular complexity index is 502. The van der Waals surface area contributed by atoms with Gasteiger partial charge < -0.3 is 10.1 Å². The average molecular weight is 616 g/mol. The van der Waals surface area contributed by atoms with Crippen molar-refractivity contribution >= 4 is 35.4 Å². The third-order valence-electron chi connectivity index (χ3n) is 7.64. The molecule has 1 N–H and O–H groups in total. The highest BCUT2D eigenvalue weighted by Gasteiger charge is 2.04. The van der Waals surface area contributed by atoms with Crippen molar-refractivity contribution in [3.63, 3.8) is 0 Å². The molecule has 6 heteroatoms. The Balaban J connectivity index is 3.26. The number of rotatable bonds is 34. The van der Waals surface area contributed by atoms with Crippen LogP contribution in [0.15, 0.2) is 0 Å². The number of ether oxygens (including phenoxy) is 1. The van der Waals surface area contributed by atoms with E-state index < -0.39 is 0 Å². The number of carbonyl (C=O) groups is 2. The van der Waals surface area contributed by atoms with Gasteiger partial charge >= 0.3 is 5.97 Å². The Hall–Kier alpha value is -0.360. The zero-order valence-corrected chi connectivity index (χ0v) is 29.1. The normalized spacial score (nSPS) is 11.2. The molecule has 0 aromatic heterocycles. The average Bonchev–Trinajstić information content (AvgIpc) is 2.97. The highest BCUT2D eigenvalue weighted by Crippen LogP contribution is 2.14. The quantitative estimate of drug-likeness (QED) is 0.0576. The van der Waals surface area contributed by atoms with E-state index in [0.717, 1.165) is 11.5 Å². The first-order chi connectivity index (χ1) is 20.2. The highest BCUT2D eigenvalue weighted by atomic mass is 32.2. The molecule has 0 fully saturated rings. The summed E-state index contributed by atoms with van der Waals surface area (Å²) in [5.74, 6) is 3.06. The van der Waals surface area contributed by atoms with Crippen LogP contribution in [-0.4, -0.2) is 48.0 Å². The number of amides is 1. The van der Waals surface area contributed by atoms with Gasteiger partial charge in [0.15, 0.2) is 0 Å². The summed E-state index contributed by atoms with van der Waals surface area (Å²) in [6, 6.07) is 0. The van der Waals surface area contributed by atoms with Gasteiger partial charge in [-0.1, -0.05) is 155 Å². The van der Waals surface area contributed by atoms with Crippen LogP contribution in [0.2, 0.25) is 0 Å². The van der Waals surface area contributed by atoms with Crippen molar-refractivity contribution in [2.24, 2.45) is 0 Å². The van der Waals surface area contributed by atoms with E-state index in [4.69, 9.17) is 4.74 Å². The molecule has 0 heterocycles. The van der Waals surface area contributed by atoms with Gasteiger partial charge in [0.1, 0.15) is 0 Å². The van der Waals surface area contributed by atoms with Gasteiger partial charge in [0.25, 0.3) is 0 Å². The molecule has 41 heavy (non-hydrogen) atoms. The molecule has 0 saturated carbocycles. The molecule has 0 aliphatic carbocycles. The van der Waals surface area contributed by atoms with E-state index in [2.05, 4.69) is 19.2 Å². The second-order valence-electron chi connectivity index (χ2n) is 11.8. The van der Waals surface area contributed by atoms with Crippen LogP contribution in [0.3, 0.4) is 0 Å². The smallest absolute Gasteiger partial charge is 0.315 e. The number of carbonyl (C=O) groups excluding carboxylic acids is 2. The second kappa shape index (κ2) is 35.8. The van der Waals surface area contributed by atoms with Gasteiger partial charge in [0.05, 0.1) is 18.1 Å². The number of unbranched alkanes of at least 4 members (excludes halogenated alkanes) is 22. The molecule has 0 spiro atoms. The summed E-state index contributed by atoms with van der Waals surface area (Å²) in [6.45, 7) is 5.52. The summed E-state index contributed by atoms with van der Waals surface area (Å²) >= 11 is 3.42. The summed E-state index contributed by atoms with van der Waals surface area (Å²) in [6.07, 6.45) is 33.4. The second-order valence-corrected chi connectivity index (χ2v) is 14.0. The van der Waals surface area contributed by atoms with Crippen LogP contribution in [0.4, 0.5) is 0 Å². The molecule has 244 valence electrons. The van der Waals surface area contributed by atoms with Gasteiger partial charge in [-0.05, 0) is 30.8 Å². The largest absolute Gasteiger partial charge is 0.465 e. The Labute approximate surface area is 264 Å². The Kier molecular flexibility index (Phi) is 35.5. The molecule has 0 aromatic carbocycles. The van der Waals surface area contributed by atoms with Gasteiger partial charge in [0, 0.05) is 6.54 Å². The van der Waals surface area contributed by atoms with Crippen molar-refractivity contribution in [1.82, 2.24) is 5.32 Å². The Morgan fingerprint density at radius 3 is 1.27 bits per heavy atom. The maximum atomic E-state index is 12.0. The lowest BCUT2D eigenvalue weighted by molar-refractivity contribution is -0.140. The molecule has 0 aliphatic heterocycles. The van der Waals surface area contributed by atoms with Gasteiger partial charge in [-0.3, -0.25) is 9.59 Å². The molecule has 0 atom stereocenters. The zero-order valence-electron chi connectivity index (χ0n) is 27.5. The molecular formula is C35H69NO3S2. The standard InChI is InChI=1S/C35H69NO3S2/c1-3-5-7-9-11-13-15-17-19-21-23-25-30-40-32-34(37)36-28-27-29-39-35(38)33-41-31-26-24-22-20-18-16-14-12-10-8-6-4-2/h3-33H2,1-2H3,(H,36,37). The van der Waals surface area contributed by atoms with E-state index in [0.29, 0.717) is 31.1 Å². The number of thioether (sulfide) groups is 2. The van der Waals surface area contributed by atoms with Gasteiger partial charge in [-0.15, -0.1) is 0 Å². The first kappa shape index (κ1) is 40.6. The highest BCUT2D eigenvalue weighted by molar-refractivity contribution is 8.00. The fourth-order valence-corrected chi connectivity index (χ4v) is 6.63. The van der Waals surface area contributed by atoms with Crippen LogP contribution < -0.4 is 5.32 Å². The summed E-state index contributed by atoms with van der Waals surface area (Å²) in [5.41, 5.74) is 0. The van der Waals surface area contributed by atoms with Crippen LogP contribution >= 0.6 is 23.5 Å². The third-order valence-corrected chi connectivity index (χ3v) is 9.70. The van der Waals surface area contributed by atoms with E-state index in [9.17, 15) is 9.59 Å². The zero-order chi connectivity index (χ0) is 29.9. The first-order valence-corrected chi connectivity index (χ1v) is 20.1. The molecule has 1 amide bonds. The van der Waals surface area contributed by atoms with Gasteiger partial charge in [-0.25, -0.2) is 0 Å². The predicted molar refractivity (Wildman–Crippen MR) is 185 cm³/mol. The van der Waals surface area contributed by atoms with Crippen molar-refractivity contribution < 1.29 is 14.3 Å². The van der Waals surface area contributed by atoms with E-state index in [1.165, 1.54) is 154 Å². The van der Waals surface area contributed by atoms with E-state index in [1.807, 2.05) is 0 Å². The van der Waals surface area contributed by atoms with Gasteiger partial charge in [-0.2, -0.15) is 23.5 Å². The minimum atomic E-state index is -0.127. The van der Waals surface area contributed by atoms with Crippen molar-refractivity contribution in [2.75, 3.05) is 36.2 Å². The number of nitrogens with one attached hydrogen (secondary N) is 1. The number of hydrogen-bond acceptors (Lipinski definition) is 5. The molecule has 0 aliphatic rings. The lowest BCUT2D eigenvalue weighted by Gasteiger charge is -2.07. The van der Waals surface area contributed by atoms with Crippen LogP contribution in [0, 0.1) is 0 Å². The monoisotopic (exact) mass is 615 g/mol. The summed E-state index contributed by atoms with van der Waals surface area (Å²) in [4.78, 5) is 23.9. The van der Waals surface area contributed by atoms with E-state index >= 15 is 0 Å². The lowest BCUT2D eigenvalue weighted by Crippen LogP contribution is -2.27. The number of esters is 1. The SMILES string of the molecule is CCCCCCCCCCCCCCSCC(=O)NCCCOC(=O)CSCCCCCCCCCCCCCC. The predicted octanol–water partition coefficient (Wildman–Crippen LogP) is 10.9. The maximum absolute atomic E-state index is 12.0. The van der Waals surface area contributed by atoms with Crippen molar-refractivity contribution in [3.8, 4) is 0 Å². The molecule has 0 rings (SSSR count). The summed E-state index contributed by atoms with van der Waals surface area (Å²) < 4.78 is 5.31. The maximum Gasteiger partial charge on any atom is 0.315 e. The lowest BCUT2D eigenvalue weighted by atomic mass is 10.1. The minimum Gasteiger partial charge on any atom is -0.465 e. The molecule has 0 bridgehead atoms. The van der Waals surface area contributed by atoms with Crippen molar-refractivity contribution in [2.45, 2.75) is 174 Å². The first-order valence-electron chi connectivity index (χ1n) is 17.8. The minimum absolute atomic E-state index is 0.0956. The van der Waals surface area contributed by atoms with Crippen LogP contribution in [0.25, 0.3) is 0 Å². The third kappa shape index (κ3) is 35.7. The van der Waals surface area contributed by atoms with Gasteiger partial charge in [0.2, 0.25) is 5.91 Å². The summed E-state index contributed by atoms with van der Waals surface area (Å²) in [7, 11) is 0. The molecule has 0 unspecified atom stereocenters. The number of hydrogen-bond donors (Lipinski definition) is 1. The molecule has 4 nitrogen and oxygen atoms in total. The van der Waals surface area contributed by atoms with Crippen molar-refractivity contribution in [1.29, 1.82) is 0 Å². The van der Waals surface area contributed by atoms with E-state index in [-0.39, 0.29) is 11.9 Å². The molecular weight excluding hydrogens is 547 g/mol. The topological polar surface area (TPSA) is 55.4 Å². The molecule has 0 radical (unpaired) electrons. The Morgan fingerprint density at radius 1 is 0.488 bits per heavy atom. The summed E-state index contributed by atoms with van der Waals surface area (Å²) in [5, 5.41) is 2.94. The van der Waals surface area contributed by atoms with Crippen LogP contribution in [0.1, 0.15) is 174 Å².